The molecule has 1 N–H and O–H groups in total. The number of H-pyrrole nitrogens is 1. The molecule has 0 aliphatic rings. The summed E-state index contributed by atoms with van der Waals surface area (Å²) in [5, 5.41) is 5.96. The van der Waals surface area contributed by atoms with Crippen LogP contribution in [0.1, 0.15) is 11.1 Å². The minimum absolute atomic E-state index is 0.162. The Kier molecular flexibility index (Phi) is 3.73. The van der Waals surface area contributed by atoms with Crippen LogP contribution in [0.15, 0.2) is 40.2 Å². The van der Waals surface area contributed by atoms with Gasteiger partial charge in [0.2, 0.25) is 9.84 Å². The molecule has 0 bridgehead atoms. The fourth-order valence-electron chi connectivity index (χ4n) is 1.69. The Morgan fingerprint density at radius 1 is 1.26 bits per heavy atom. The van der Waals surface area contributed by atoms with E-state index in [0.717, 1.165) is 11.6 Å². The second-order valence-electron chi connectivity index (χ2n) is 4.16. The number of aromatic amines is 1. The van der Waals surface area contributed by atoms with Crippen molar-refractivity contribution in [3.05, 3.63) is 56.8 Å². The zero-order valence-corrected chi connectivity index (χ0v) is 11.6. The van der Waals surface area contributed by atoms with E-state index in [-0.39, 0.29) is 10.8 Å². The van der Waals surface area contributed by atoms with Crippen molar-refractivity contribution in [3.63, 3.8) is 0 Å². The standard InChI is InChI=1S/C12H11ClN2O3S/c1-8-4-9(6-10(13)5-8)7-19(17,18)12-3-2-11(16)14-15-12/h2-6H,7H2,1H3,(H,14,16). The SMILES string of the molecule is Cc1cc(Cl)cc(CS(=O)(=O)c2ccc(=O)[nH]n2)c1. The van der Waals surface area contributed by atoms with Crippen LogP contribution in [0.5, 0.6) is 0 Å². The summed E-state index contributed by atoms with van der Waals surface area (Å²) in [5.41, 5.74) is 1.02. The van der Waals surface area contributed by atoms with E-state index in [2.05, 4.69) is 10.2 Å². The Morgan fingerprint density at radius 3 is 2.58 bits per heavy atom. The van der Waals surface area contributed by atoms with Crippen molar-refractivity contribution in [3.8, 4) is 0 Å². The highest BCUT2D eigenvalue weighted by Crippen LogP contribution is 2.19. The molecule has 0 amide bonds. The molecule has 1 heterocycles. The van der Waals surface area contributed by atoms with Crippen molar-refractivity contribution >= 4 is 21.4 Å². The van der Waals surface area contributed by atoms with E-state index in [1.807, 2.05) is 6.92 Å². The molecule has 7 heteroatoms. The summed E-state index contributed by atoms with van der Waals surface area (Å²) in [4.78, 5) is 10.9. The van der Waals surface area contributed by atoms with Gasteiger partial charge in [0.05, 0.1) is 5.75 Å². The molecule has 19 heavy (non-hydrogen) atoms. The smallest absolute Gasteiger partial charge is 0.264 e. The zero-order valence-electron chi connectivity index (χ0n) is 10.1. The number of benzene rings is 1. The molecule has 5 nitrogen and oxygen atoms in total. The normalized spacial score (nSPS) is 11.5. The van der Waals surface area contributed by atoms with Crippen LogP contribution in [-0.4, -0.2) is 18.6 Å². The lowest BCUT2D eigenvalue weighted by Gasteiger charge is -2.05. The maximum Gasteiger partial charge on any atom is 0.264 e. The molecule has 0 spiro atoms. The van der Waals surface area contributed by atoms with Crippen LogP contribution < -0.4 is 5.56 Å². The monoisotopic (exact) mass is 298 g/mol. The Labute approximate surface area is 115 Å². The van der Waals surface area contributed by atoms with Crippen molar-refractivity contribution in [2.45, 2.75) is 17.7 Å². The van der Waals surface area contributed by atoms with E-state index in [4.69, 9.17) is 11.6 Å². The van der Waals surface area contributed by atoms with Crippen LogP contribution >= 0.6 is 11.6 Å². The molecular weight excluding hydrogens is 288 g/mol. The summed E-state index contributed by atoms with van der Waals surface area (Å²) >= 11 is 5.89. The summed E-state index contributed by atoms with van der Waals surface area (Å²) in [6.07, 6.45) is 0. The molecule has 1 aromatic carbocycles. The molecule has 2 aromatic rings. The van der Waals surface area contributed by atoms with E-state index in [1.165, 1.54) is 6.07 Å². The molecule has 1 aromatic heterocycles. The largest absolute Gasteiger partial charge is 0.268 e. The van der Waals surface area contributed by atoms with Gasteiger partial charge in [-0.25, -0.2) is 13.5 Å². The molecule has 0 saturated carbocycles. The number of sulfone groups is 1. The fraction of sp³-hybridized carbons (Fsp3) is 0.167. The van der Waals surface area contributed by atoms with Gasteiger partial charge in [-0.05, 0) is 36.2 Å². The molecule has 0 fully saturated rings. The van der Waals surface area contributed by atoms with Gasteiger partial charge in [-0.3, -0.25) is 4.79 Å². The average Bonchev–Trinajstić information content (AvgIpc) is 2.27. The van der Waals surface area contributed by atoms with Crippen LogP contribution in [0.3, 0.4) is 0 Å². The lowest BCUT2D eigenvalue weighted by atomic mass is 10.2. The van der Waals surface area contributed by atoms with Crippen molar-refractivity contribution in [1.29, 1.82) is 0 Å². The first kappa shape index (κ1) is 13.8. The number of nitrogens with zero attached hydrogens (tertiary/aromatic N) is 1. The van der Waals surface area contributed by atoms with Crippen LogP contribution in [0.2, 0.25) is 5.02 Å². The van der Waals surface area contributed by atoms with Gasteiger partial charge in [-0.15, -0.1) is 0 Å². The van der Waals surface area contributed by atoms with Gasteiger partial charge in [0.1, 0.15) is 0 Å². The van der Waals surface area contributed by atoms with Gasteiger partial charge >= 0.3 is 0 Å². The van der Waals surface area contributed by atoms with Crippen molar-refractivity contribution in [2.75, 3.05) is 0 Å². The van der Waals surface area contributed by atoms with E-state index < -0.39 is 15.4 Å². The molecule has 0 radical (unpaired) electrons. The fourth-order valence-corrected chi connectivity index (χ4v) is 3.22. The first-order chi connectivity index (χ1) is 8.87. The Hall–Kier alpha value is -1.66. The second kappa shape index (κ2) is 5.14. The molecule has 0 aliphatic heterocycles. The Morgan fingerprint density at radius 2 is 2.00 bits per heavy atom. The number of aromatic nitrogens is 2. The second-order valence-corrected chi connectivity index (χ2v) is 6.53. The lowest BCUT2D eigenvalue weighted by molar-refractivity contribution is 0.589. The predicted molar refractivity (Wildman–Crippen MR) is 71.9 cm³/mol. The van der Waals surface area contributed by atoms with Gasteiger partial charge in [-0.1, -0.05) is 17.7 Å². The number of nitrogens with one attached hydrogen (secondary N) is 1. The topological polar surface area (TPSA) is 79.9 Å². The molecule has 0 saturated heterocycles. The Balaban J connectivity index is 2.36. The highest BCUT2D eigenvalue weighted by atomic mass is 35.5. The zero-order chi connectivity index (χ0) is 14.0. The van der Waals surface area contributed by atoms with Crippen molar-refractivity contribution < 1.29 is 8.42 Å². The quantitative estimate of drug-likeness (QED) is 0.935. The number of rotatable bonds is 3. The van der Waals surface area contributed by atoms with Gasteiger partial charge in [-0.2, -0.15) is 5.10 Å². The average molecular weight is 299 g/mol. The van der Waals surface area contributed by atoms with Crippen LogP contribution in [-0.2, 0) is 15.6 Å². The van der Waals surface area contributed by atoms with Gasteiger partial charge in [0.25, 0.3) is 5.56 Å². The van der Waals surface area contributed by atoms with E-state index in [1.54, 1.807) is 18.2 Å². The van der Waals surface area contributed by atoms with E-state index in [0.29, 0.717) is 10.6 Å². The first-order valence-corrected chi connectivity index (χ1v) is 7.44. The third-order valence-corrected chi connectivity index (χ3v) is 4.23. The van der Waals surface area contributed by atoms with Crippen LogP contribution in [0, 0.1) is 6.92 Å². The van der Waals surface area contributed by atoms with Crippen LogP contribution in [0.25, 0.3) is 0 Å². The van der Waals surface area contributed by atoms with Crippen molar-refractivity contribution in [2.24, 2.45) is 0 Å². The number of hydrogen-bond donors (Lipinski definition) is 1. The summed E-state index contributed by atoms with van der Waals surface area (Å²) < 4.78 is 24.2. The highest BCUT2D eigenvalue weighted by molar-refractivity contribution is 7.90. The third-order valence-electron chi connectivity index (χ3n) is 2.43. The molecule has 100 valence electrons. The van der Waals surface area contributed by atoms with E-state index in [9.17, 15) is 13.2 Å². The molecule has 0 atom stereocenters. The Bertz CT molecular complexity index is 728. The van der Waals surface area contributed by atoms with Gasteiger partial charge in [0, 0.05) is 11.1 Å². The van der Waals surface area contributed by atoms with Crippen molar-refractivity contribution in [1.82, 2.24) is 10.2 Å². The maximum atomic E-state index is 12.1. The third kappa shape index (κ3) is 3.42. The number of aryl methyl sites for hydroxylation is 1. The molecular formula is C12H11ClN2O3S. The highest BCUT2D eigenvalue weighted by Gasteiger charge is 2.17. The maximum absolute atomic E-state index is 12.1. The molecule has 0 aliphatic carbocycles. The number of hydrogen-bond acceptors (Lipinski definition) is 4. The van der Waals surface area contributed by atoms with Crippen LogP contribution in [0.4, 0.5) is 0 Å². The summed E-state index contributed by atoms with van der Waals surface area (Å²) in [5.74, 6) is -0.215. The summed E-state index contributed by atoms with van der Waals surface area (Å²) in [7, 11) is -3.60. The summed E-state index contributed by atoms with van der Waals surface area (Å²) in [6, 6.07) is 7.40. The van der Waals surface area contributed by atoms with Gasteiger partial charge in [0.15, 0.2) is 5.03 Å². The predicted octanol–water partition coefficient (Wildman–Crippen LogP) is 1.71. The van der Waals surface area contributed by atoms with E-state index >= 15 is 0 Å². The summed E-state index contributed by atoms with van der Waals surface area (Å²) in [6.45, 7) is 1.83. The van der Waals surface area contributed by atoms with Gasteiger partial charge < -0.3 is 0 Å². The minimum atomic E-state index is -3.60. The number of halogens is 1. The molecule has 0 unspecified atom stereocenters. The minimum Gasteiger partial charge on any atom is -0.268 e. The lowest BCUT2D eigenvalue weighted by Crippen LogP contribution is -2.13. The first-order valence-electron chi connectivity index (χ1n) is 5.41. The molecule has 2 rings (SSSR count).